The van der Waals surface area contributed by atoms with E-state index >= 15 is 0 Å². The van der Waals surface area contributed by atoms with Crippen LogP contribution < -0.4 is 5.73 Å². The molecule has 2 N–H and O–H groups in total. The van der Waals surface area contributed by atoms with E-state index in [1.807, 2.05) is 0 Å². The first-order valence-electron chi connectivity index (χ1n) is 5.30. The molecule has 1 heterocycles. The molecule has 102 valence electrons. The van der Waals surface area contributed by atoms with Crippen molar-refractivity contribution in [2.75, 3.05) is 19.8 Å². The summed E-state index contributed by atoms with van der Waals surface area (Å²) < 4.78 is 30.1. The number of sulfonamides is 1. The van der Waals surface area contributed by atoms with Crippen LogP contribution in [-0.4, -0.2) is 31.8 Å². The van der Waals surface area contributed by atoms with Gasteiger partial charge in [-0.25, -0.2) is 17.7 Å². The zero-order valence-electron chi connectivity index (χ0n) is 10.4. The monoisotopic (exact) mass is 299 g/mol. The van der Waals surface area contributed by atoms with Gasteiger partial charge in [-0.2, -0.15) is 0 Å². The van der Waals surface area contributed by atoms with Crippen LogP contribution in [0.25, 0.3) is 0 Å². The van der Waals surface area contributed by atoms with Crippen LogP contribution in [0.2, 0.25) is 0 Å². The standard InChI is InChI=1S/C11H13N3O3S2/c1-14(2)19(15,16)8-3-4-10(9(12)7-8)18-11-13-5-6-17-11/h3-7H,12H2,1-2H3. The zero-order chi connectivity index (χ0) is 14.0. The van der Waals surface area contributed by atoms with Crippen LogP contribution in [0.1, 0.15) is 0 Å². The Bertz CT molecular complexity index is 666. The van der Waals surface area contributed by atoms with Gasteiger partial charge in [-0.15, -0.1) is 0 Å². The minimum Gasteiger partial charge on any atom is -0.440 e. The lowest BCUT2D eigenvalue weighted by Gasteiger charge is -2.12. The average molecular weight is 299 g/mol. The summed E-state index contributed by atoms with van der Waals surface area (Å²) in [6, 6.07) is 4.58. The average Bonchev–Trinajstić information content (AvgIpc) is 2.84. The number of nitrogens with zero attached hydrogens (tertiary/aromatic N) is 2. The highest BCUT2D eigenvalue weighted by Crippen LogP contribution is 2.32. The van der Waals surface area contributed by atoms with Gasteiger partial charge in [0.1, 0.15) is 6.26 Å². The summed E-state index contributed by atoms with van der Waals surface area (Å²) >= 11 is 1.24. The van der Waals surface area contributed by atoms with Crippen molar-refractivity contribution in [3.05, 3.63) is 30.7 Å². The van der Waals surface area contributed by atoms with E-state index in [-0.39, 0.29) is 4.90 Å². The van der Waals surface area contributed by atoms with Crippen LogP contribution in [0, 0.1) is 0 Å². The first-order valence-corrected chi connectivity index (χ1v) is 7.56. The Labute approximate surface area is 115 Å². The van der Waals surface area contributed by atoms with Crippen molar-refractivity contribution in [1.82, 2.24) is 9.29 Å². The lowest BCUT2D eigenvalue weighted by Crippen LogP contribution is -2.22. The van der Waals surface area contributed by atoms with Gasteiger partial charge in [0, 0.05) is 24.7 Å². The largest absolute Gasteiger partial charge is 0.440 e. The number of nitrogens with two attached hydrogens (primary N) is 1. The summed E-state index contributed by atoms with van der Waals surface area (Å²) in [5.41, 5.74) is 6.23. The molecule has 2 aromatic rings. The van der Waals surface area contributed by atoms with E-state index < -0.39 is 10.0 Å². The fourth-order valence-corrected chi connectivity index (χ4v) is 3.00. The number of rotatable bonds is 4. The molecule has 0 spiro atoms. The molecular formula is C11H13N3O3S2. The molecule has 1 aromatic carbocycles. The van der Waals surface area contributed by atoms with E-state index in [1.165, 1.54) is 50.4 Å². The molecule has 0 aliphatic heterocycles. The number of hydrogen-bond acceptors (Lipinski definition) is 6. The second-order valence-electron chi connectivity index (χ2n) is 3.89. The van der Waals surface area contributed by atoms with Crippen molar-refractivity contribution in [2.45, 2.75) is 15.0 Å². The van der Waals surface area contributed by atoms with Crippen molar-refractivity contribution in [3.8, 4) is 0 Å². The molecule has 0 radical (unpaired) electrons. The quantitative estimate of drug-likeness (QED) is 0.864. The first kappa shape index (κ1) is 13.9. The van der Waals surface area contributed by atoms with Crippen LogP contribution in [0.3, 0.4) is 0 Å². The Balaban J connectivity index is 2.32. The van der Waals surface area contributed by atoms with Gasteiger partial charge in [0.15, 0.2) is 0 Å². The van der Waals surface area contributed by atoms with Crippen molar-refractivity contribution in [3.63, 3.8) is 0 Å². The van der Waals surface area contributed by atoms with Gasteiger partial charge in [-0.05, 0) is 30.0 Å². The van der Waals surface area contributed by atoms with Gasteiger partial charge in [0.25, 0.3) is 5.22 Å². The minimum atomic E-state index is -3.47. The molecule has 0 saturated carbocycles. The summed E-state index contributed by atoms with van der Waals surface area (Å²) in [6.07, 6.45) is 2.99. The Morgan fingerprint density at radius 1 is 1.37 bits per heavy atom. The summed E-state index contributed by atoms with van der Waals surface area (Å²) in [4.78, 5) is 4.82. The van der Waals surface area contributed by atoms with Crippen LogP contribution in [0.5, 0.6) is 0 Å². The highest BCUT2D eigenvalue weighted by molar-refractivity contribution is 7.99. The highest BCUT2D eigenvalue weighted by atomic mass is 32.2. The number of oxazole rings is 1. The lowest BCUT2D eigenvalue weighted by atomic mass is 10.3. The Morgan fingerprint density at radius 2 is 2.11 bits per heavy atom. The van der Waals surface area contributed by atoms with E-state index in [1.54, 1.807) is 6.07 Å². The predicted molar refractivity (Wildman–Crippen MR) is 72.4 cm³/mol. The molecule has 0 bridgehead atoms. The van der Waals surface area contributed by atoms with Gasteiger partial charge in [0.05, 0.1) is 11.1 Å². The molecule has 1 aromatic heterocycles. The predicted octanol–water partition coefficient (Wildman–Crippen LogP) is 1.66. The normalized spacial score (nSPS) is 11.9. The van der Waals surface area contributed by atoms with E-state index in [0.717, 1.165) is 4.31 Å². The van der Waals surface area contributed by atoms with Crippen LogP contribution >= 0.6 is 11.8 Å². The maximum Gasteiger partial charge on any atom is 0.260 e. The van der Waals surface area contributed by atoms with Gasteiger partial charge < -0.3 is 10.2 Å². The molecular weight excluding hydrogens is 286 g/mol. The Kier molecular flexibility index (Phi) is 3.83. The fraction of sp³-hybridized carbons (Fsp3) is 0.182. The molecule has 0 fully saturated rings. The van der Waals surface area contributed by atoms with Crippen LogP contribution in [0.4, 0.5) is 5.69 Å². The number of nitrogen functional groups attached to an aromatic ring is 1. The molecule has 0 saturated heterocycles. The van der Waals surface area contributed by atoms with Gasteiger partial charge in [-0.3, -0.25) is 0 Å². The maximum absolute atomic E-state index is 11.9. The minimum absolute atomic E-state index is 0.159. The van der Waals surface area contributed by atoms with E-state index in [4.69, 9.17) is 10.2 Å². The van der Waals surface area contributed by atoms with Crippen LogP contribution in [-0.2, 0) is 10.0 Å². The molecule has 6 nitrogen and oxygen atoms in total. The molecule has 0 amide bonds. The van der Waals surface area contributed by atoms with Crippen LogP contribution in [0.15, 0.2) is 50.1 Å². The topological polar surface area (TPSA) is 89.4 Å². The second-order valence-corrected chi connectivity index (χ2v) is 7.03. The zero-order valence-corrected chi connectivity index (χ0v) is 12.0. The Hall–Kier alpha value is -1.51. The highest BCUT2D eigenvalue weighted by Gasteiger charge is 2.18. The van der Waals surface area contributed by atoms with E-state index in [0.29, 0.717) is 15.8 Å². The number of aromatic nitrogens is 1. The van der Waals surface area contributed by atoms with Crippen molar-refractivity contribution >= 4 is 27.5 Å². The lowest BCUT2D eigenvalue weighted by molar-refractivity contribution is 0.454. The summed E-state index contributed by atoms with van der Waals surface area (Å²) in [7, 11) is -0.527. The maximum atomic E-state index is 11.9. The first-order chi connectivity index (χ1) is 8.91. The van der Waals surface area contributed by atoms with E-state index in [9.17, 15) is 8.42 Å². The van der Waals surface area contributed by atoms with Crippen molar-refractivity contribution < 1.29 is 12.8 Å². The molecule has 0 aliphatic rings. The van der Waals surface area contributed by atoms with Gasteiger partial charge >= 0.3 is 0 Å². The fourth-order valence-electron chi connectivity index (χ4n) is 1.35. The van der Waals surface area contributed by atoms with Crippen molar-refractivity contribution in [1.29, 1.82) is 0 Å². The number of benzene rings is 1. The molecule has 0 unspecified atom stereocenters. The van der Waals surface area contributed by atoms with Gasteiger partial charge in [-0.1, -0.05) is 0 Å². The third-order valence-electron chi connectivity index (χ3n) is 2.37. The third kappa shape index (κ3) is 2.91. The summed E-state index contributed by atoms with van der Waals surface area (Å²) in [6.45, 7) is 0. The van der Waals surface area contributed by atoms with Gasteiger partial charge in [0.2, 0.25) is 10.0 Å². The molecule has 2 rings (SSSR count). The molecule has 0 atom stereocenters. The molecule has 0 aliphatic carbocycles. The van der Waals surface area contributed by atoms with E-state index in [2.05, 4.69) is 4.98 Å². The number of anilines is 1. The smallest absolute Gasteiger partial charge is 0.260 e. The SMILES string of the molecule is CN(C)S(=O)(=O)c1ccc(Sc2ncco2)c(N)c1. The summed E-state index contributed by atoms with van der Waals surface area (Å²) in [5, 5.41) is 0.454. The third-order valence-corrected chi connectivity index (χ3v) is 5.15. The molecule has 8 heteroatoms. The molecule has 19 heavy (non-hydrogen) atoms. The Morgan fingerprint density at radius 3 is 2.63 bits per heavy atom. The van der Waals surface area contributed by atoms with Crippen molar-refractivity contribution in [2.24, 2.45) is 0 Å². The summed E-state index contributed by atoms with van der Waals surface area (Å²) in [5.74, 6) is 0. The number of hydrogen-bond donors (Lipinski definition) is 1. The second kappa shape index (κ2) is 5.24.